The first-order chi connectivity index (χ1) is 9.67. The summed E-state index contributed by atoms with van der Waals surface area (Å²) in [5.74, 6) is 1.70. The van der Waals surface area contributed by atoms with E-state index in [-0.39, 0.29) is 0 Å². The van der Waals surface area contributed by atoms with Crippen LogP contribution in [0.5, 0.6) is 0 Å². The van der Waals surface area contributed by atoms with Crippen LogP contribution in [0.3, 0.4) is 0 Å². The first-order valence-electron chi connectivity index (χ1n) is 8.87. The third-order valence-electron chi connectivity index (χ3n) is 5.68. The molecule has 4 atom stereocenters. The highest BCUT2D eigenvalue weighted by molar-refractivity contribution is 4.90. The molecule has 2 rings (SSSR count). The third kappa shape index (κ3) is 3.96. The zero-order chi connectivity index (χ0) is 14.5. The van der Waals surface area contributed by atoms with Gasteiger partial charge in [-0.1, -0.05) is 34.1 Å². The summed E-state index contributed by atoms with van der Waals surface area (Å²) in [6, 6.07) is 1.46. The normalized spacial score (nSPS) is 34.5. The Kier molecular flexibility index (Phi) is 6.31. The van der Waals surface area contributed by atoms with Crippen molar-refractivity contribution < 1.29 is 0 Å². The lowest BCUT2D eigenvalue weighted by Gasteiger charge is -2.43. The van der Waals surface area contributed by atoms with Crippen molar-refractivity contribution >= 4 is 0 Å². The van der Waals surface area contributed by atoms with Gasteiger partial charge in [-0.15, -0.1) is 0 Å². The van der Waals surface area contributed by atoms with E-state index in [1.165, 1.54) is 58.5 Å². The Labute approximate surface area is 126 Å². The molecule has 2 aliphatic heterocycles. The molecule has 0 aliphatic carbocycles. The van der Waals surface area contributed by atoms with Gasteiger partial charge in [0.25, 0.3) is 0 Å². The Hall–Kier alpha value is -0.120. The van der Waals surface area contributed by atoms with Crippen LogP contribution in [0.2, 0.25) is 0 Å². The number of nitrogens with one attached hydrogen (secondary N) is 1. The van der Waals surface area contributed by atoms with Gasteiger partial charge in [-0.2, -0.15) is 0 Å². The standard InChI is InChI=1S/C17H35N3/c1-5-14(4)17-13-20(16(6-2)10-18-17)12-15-8-9-19(7-3)11-15/h14-18H,5-13H2,1-4H3. The van der Waals surface area contributed by atoms with Gasteiger partial charge in [0.1, 0.15) is 0 Å². The van der Waals surface area contributed by atoms with Crippen LogP contribution in [0.4, 0.5) is 0 Å². The van der Waals surface area contributed by atoms with Crippen LogP contribution in [0, 0.1) is 11.8 Å². The molecular formula is C17H35N3. The summed E-state index contributed by atoms with van der Waals surface area (Å²) < 4.78 is 0. The summed E-state index contributed by atoms with van der Waals surface area (Å²) in [7, 11) is 0. The van der Waals surface area contributed by atoms with Gasteiger partial charge in [0.05, 0.1) is 0 Å². The molecule has 0 bridgehead atoms. The van der Waals surface area contributed by atoms with Gasteiger partial charge in [-0.05, 0) is 37.8 Å². The van der Waals surface area contributed by atoms with E-state index in [9.17, 15) is 0 Å². The summed E-state index contributed by atoms with van der Waals surface area (Å²) in [6.07, 6.45) is 3.97. The lowest BCUT2D eigenvalue weighted by Crippen LogP contribution is -2.59. The maximum Gasteiger partial charge on any atom is 0.0221 e. The molecule has 3 heteroatoms. The average Bonchev–Trinajstić information content (AvgIpc) is 2.94. The van der Waals surface area contributed by atoms with Gasteiger partial charge in [-0.25, -0.2) is 0 Å². The zero-order valence-electron chi connectivity index (χ0n) is 14.1. The van der Waals surface area contributed by atoms with Gasteiger partial charge in [0.2, 0.25) is 0 Å². The summed E-state index contributed by atoms with van der Waals surface area (Å²) in [4.78, 5) is 5.41. The van der Waals surface area contributed by atoms with Gasteiger partial charge in [-0.3, -0.25) is 4.90 Å². The molecule has 2 fully saturated rings. The van der Waals surface area contributed by atoms with Crippen molar-refractivity contribution in [3.8, 4) is 0 Å². The maximum atomic E-state index is 3.79. The summed E-state index contributed by atoms with van der Waals surface area (Å²) in [5.41, 5.74) is 0. The smallest absolute Gasteiger partial charge is 0.0221 e. The Balaban J connectivity index is 1.88. The number of nitrogens with zero attached hydrogens (tertiary/aromatic N) is 2. The molecule has 3 nitrogen and oxygen atoms in total. The van der Waals surface area contributed by atoms with Crippen LogP contribution in [-0.4, -0.2) is 61.2 Å². The molecular weight excluding hydrogens is 246 g/mol. The predicted octanol–water partition coefficient (Wildman–Crippen LogP) is 2.43. The van der Waals surface area contributed by atoms with Crippen molar-refractivity contribution in [3.05, 3.63) is 0 Å². The van der Waals surface area contributed by atoms with E-state index in [0.717, 1.165) is 17.9 Å². The SMILES string of the molecule is CCC(C)C1CN(CC2CCN(CC)C2)C(CC)CN1. The minimum absolute atomic E-state index is 0.700. The van der Waals surface area contributed by atoms with Crippen LogP contribution in [0.1, 0.15) is 47.0 Å². The van der Waals surface area contributed by atoms with Crippen LogP contribution >= 0.6 is 0 Å². The molecule has 0 spiro atoms. The fraction of sp³-hybridized carbons (Fsp3) is 1.00. The fourth-order valence-electron chi connectivity index (χ4n) is 3.86. The largest absolute Gasteiger partial charge is 0.311 e. The highest BCUT2D eigenvalue weighted by atomic mass is 15.2. The zero-order valence-corrected chi connectivity index (χ0v) is 14.1. The van der Waals surface area contributed by atoms with Crippen LogP contribution in [0.25, 0.3) is 0 Å². The minimum atomic E-state index is 0.700. The van der Waals surface area contributed by atoms with Crippen molar-refractivity contribution in [1.82, 2.24) is 15.1 Å². The molecule has 0 saturated carbocycles. The first-order valence-corrected chi connectivity index (χ1v) is 8.87. The third-order valence-corrected chi connectivity index (χ3v) is 5.68. The topological polar surface area (TPSA) is 18.5 Å². The fourth-order valence-corrected chi connectivity index (χ4v) is 3.86. The predicted molar refractivity (Wildman–Crippen MR) is 87.1 cm³/mol. The van der Waals surface area contributed by atoms with Gasteiger partial charge < -0.3 is 10.2 Å². The van der Waals surface area contributed by atoms with Gasteiger partial charge in [0, 0.05) is 38.3 Å². The van der Waals surface area contributed by atoms with Crippen molar-refractivity contribution in [2.24, 2.45) is 11.8 Å². The molecule has 4 unspecified atom stereocenters. The summed E-state index contributed by atoms with van der Waals surface area (Å²) in [5, 5.41) is 3.79. The molecule has 0 aromatic heterocycles. The van der Waals surface area contributed by atoms with Crippen molar-refractivity contribution in [3.63, 3.8) is 0 Å². The lowest BCUT2D eigenvalue weighted by atomic mass is 9.94. The minimum Gasteiger partial charge on any atom is -0.311 e. The van der Waals surface area contributed by atoms with Gasteiger partial charge in [0.15, 0.2) is 0 Å². The Bertz CT molecular complexity index is 281. The quantitative estimate of drug-likeness (QED) is 0.807. The molecule has 0 aromatic carbocycles. The van der Waals surface area contributed by atoms with E-state index >= 15 is 0 Å². The van der Waals surface area contributed by atoms with E-state index in [2.05, 4.69) is 42.8 Å². The second-order valence-electron chi connectivity index (χ2n) is 6.96. The lowest BCUT2D eigenvalue weighted by molar-refractivity contribution is 0.0903. The van der Waals surface area contributed by atoms with Crippen molar-refractivity contribution in [2.45, 2.75) is 59.0 Å². The molecule has 2 saturated heterocycles. The highest BCUT2D eigenvalue weighted by Crippen LogP contribution is 2.22. The second kappa shape index (κ2) is 7.77. The number of rotatable bonds is 6. The molecule has 0 amide bonds. The molecule has 20 heavy (non-hydrogen) atoms. The van der Waals surface area contributed by atoms with E-state index in [4.69, 9.17) is 0 Å². The van der Waals surface area contributed by atoms with E-state index < -0.39 is 0 Å². The second-order valence-corrected chi connectivity index (χ2v) is 6.96. The number of hydrogen-bond acceptors (Lipinski definition) is 3. The molecule has 1 N–H and O–H groups in total. The van der Waals surface area contributed by atoms with Crippen LogP contribution in [0.15, 0.2) is 0 Å². The average molecular weight is 281 g/mol. The number of likely N-dealkylation sites (tertiary alicyclic amines) is 1. The number of piperazine rings is 1. The summed E-state index contributed by atoms with van der Waals surface area (Å²) in [6.45, 7) is 17.0. The van der Waals surface area contributed by atoms with Crippen LogP contribution < -0.4 is 5.32 Å². The van der Waals surface area contributed by atoms with Gasteiger partial charge >= 0.3 is 0 Å². The molecule has 2 heterocycles. The van der Waals surface area contributed by atoms with E-state index in [0.29, 0.717) is 6.04 Å². The summed E-state index contributed by atoms with van der Waals surface area (Å²) >= 11 is 0. The molecule has 0 radical (unpaired) electrons. The molecule has 118 valence electrons. The Morgan fingerprint density at radius 3 is 2.60 bits per heavy atom. The molecule has 0 aromatic rings. The molecule has 2 aliphatic rings. The maximum absolute atomic E-state index is 3.79. The van der Waals surface area contributed by atoms with E-state index in [1.54, 1.807) is 0 Å². The van der Waals surface area contributed by atoms with Crippen molar-refractivity contribution in [2.75, 3.05) is 39.3 Å². The monoisotopic (exact) mass is 281 g/mol. The highest BCUT2D eigenvalue weighted by Gasteiger charge is 2.32. The Morgan fingerprint density at radius 2 is 2.00 bits per heavy atom. The Morgan fingerprint density at radius 1 is 1.20 bits per heavy atom. The van der Waals surface area contributed by atoms with Crippen LogP contribution in [-0.2, 0) is 0 Å². The first kappa shape index (κ1) is 16.3. The number of hydrogen-bond donors (Lipinski definition) is 1. The van der Waals surface area contributed by atoms with E-state index in [1.807, 2.05) is 0 Å². The van der Waals surface area contributed by atoms with Crippen molar-refractivity contribution in [1.29, 1.82) is 0 Å².